The van der Waals surface area contributed by atoms with Gasteiger partial charge in [0.15, 0.2) is 5.71 Å². The number of nitrogens with zero attached hydrogens (tertiary/aromatic N) is 2. The largest absolute Gasteiger partial charge is 1.00 e. The number of fused-ring (bicyclic) bond motifs is 6. The fraction of sp³-hybridized carbons (Fsp3) is 0.373. The first kappa shape index (κ1) is 56.5. The van der Waals surface area contributed by atoms with E-state index in [1.165, 1.54) is 11.1 Å². The summed E-state index contributed by atoms with van der Waals surface area (Å²) in [5, 5.41) is 16.5. The van der Waals surface area contributed by atoms with Crippen LogP contribution in [-0.2, 0) is 35.9 Å². The van der Waals surface area contributed by atoms with E-state index in [0.29, 0.717) is 57.3 Å². The van der Waals surface area contributed by atoms with Gasteiger partial charge in [-0.05, 0) is 145 Å². The Morgan fingerprint density at radius 3 is 2.00 bits per heavy atom. The van der Waals surface area contributed by atoms with Gasteiger partial charge in [0.2, 0.25) is 5.69 Å². The maximum absolute atomic E-state index is 13.4. The third kappa shape index (κ3) is 12.9. The first-order chi connectivity index (χ1) is 34.7. The van der Waals surface area contributed by atoms with Crippen molar-refractivity contribution in [2.45, 2.75) is 109 Å². The van der Waals surface area contributed by atoms with Crippen LogP contribution in [0.15, 0.2) is 138 Å². The van der Waals surface area contributed by atoms with Gasteiger partial charge in [0.05, 0.1) is 25.7 Å². The molecule has 2 N–H and O–H groups in total. The molecule has 2 aliphatic heterocycles. The number of hydrogen-bond donors (Lipinski definition) is 2. The van der Waals surface area contributed by atoms with Crippen molar-refractivity contribution in [3.8, 4) is 0 Å². The summed E-state index contributed by atoms with van der Waals surface area (Å²) in [6.45, 7) is 10.4. The summed E-state index contributed by atoms with van der Waals surface area (Å²) in [4.78, 5) is 26.6. The number of amides is 1. The smallest absolute Gasteiger partial charge is 0.748 e. The van der Waals surface area contributed by atoms with E-state index in [2.05, 4.69) is 115 Å². The minimum atomic E-state index is -4.36. The molecule has 384 valence electrons. The number of hydrogen-bond acceptors (Lipinski definition) is 9. The van der Waals surface area contributed by atoms with Crippen molar-refractivity contribution in [3.05, 3.63) is 160 Å². The number of carbonyl (C=O) groups excluding carboxylic acids is 1. The standard InChI is InChI=1S/C59H67N3O9S2.Na/c1-58(2)51(61(37-12-14-39-72(66,67)68)49-32-28-41-17-7-9-21-47(41)55(49)58)34-30-43-19-16-20-44(54(43)45-24-26-46(27-25-45)57(65)60-36-11-5-6-23-53(63)64)31-35-52-59(3,4)56-48-22-10-8-18-42(48)29-33-50(56)62(52)38-13-15-40-73(69,70)71;/h7-10,17-18,21-22,24-35H,5-6,11-16,19-20,23,36-40H2,1-4H3,(H3-,60,63,64,65,66,67,68,69,70,71);/q;+1/p-1. The van der Waals surface area contributed by atoms with Crippen LogP contribution < -0.4 is 39.8 Å². The van der Waals surface area contributed by atoms with Gasteiger partial charge in [-0.2, -0.15) is 4.58 Å². The number of aliphatic carboxylic acids is 1. The van der Waals surface area contributed by atoms with Crippen LogP contribution in [0.4, 0.5) is 11.4 Å². The zero-order chi connectivity index (χ0) is 52.1. The van der Waals surface area contributed by atoms with Crippen molar-refractivity contribution >= 4 is 76.3 Å². The van der Waals surface area contributed by atoms with Crippen molar-refractivity contribution in [2.75, 3.05) is 36.0 Å². The number of carboxylic acid groups (broad SMARTS) is 1. The zero-order valence-electron chi connectivity index (χ0n) is 43.3. The molecule has 0 radical (unpaired) electrons. The second-order valence-electron chi connectivity index (χ2n) is 20.6. The number of carbonyl (C=O) groups is 2. The van der Waals surface area contributed by atoms with Gasteiger partial charge in [-0.25, -0.2) is 16.8 Å². The molecule has 3 aliphatic rings. The van der Waals surface area contributed by atoms with E-state index >= 15 is 0 Å². The Labute approximate surface area is 458 Å². The van der Waals surface area contributed by atoms with Crippen LogP contribution in [-0.4, -0.2) is 84.4 Å². The van der Waals surface area contributed by atoms with Crippen molar-refractivity contribution in [2.24, 2.45) is 0 Å². The number of rotatable bonds is 21. The van der Waals surface area contributed by atoms with Gasteiger partial charge >= 0.3 is 35.5 Å². The monoisotopic (exact) mass is 1050 g/mol. The summed E-state index contributed by atoms with van der Waals surface area (Å²) in [5.41, 5.74) is 10.5. The van der Waals surface area contributed by atoms with Gasteiger partial charge in [-0.3, -0.25) is 9.59 Å². The minimum Gasteiger partial charge on any atom is -0.748 e. The molecule has 8 rings (SSSR count). The molecule has 0 unspecified atom stereocenters. The second-order valence-corrected chi connectivity index (χ2v) is 23.7. The van der Waals surface area contributed by atoms with E-state index in [-0.39, 0.29) is 54.7 Å². The molecule has 5 aromatic rings. The van der Waals surface area contributed by atoms with E-state index in [1.54, 1.807) is 0 Å². The number of anilines is 1. The minimum absolute atomic E-state index is 0. The molecule has 0 saturated carbocycles. The average molecular weight is 1050 g/mol. The molecule has 1 aliphatic carbocycles. The Morgan fingerprint density at radius 1 is 0.703 bits per heavy atom. The van der Waals surface area contributed by atoms with Crippen LogP contribution in [0.1, 0.15) is 125 Å². The normalized spacial score (nSPS) is 17.4. The third-order valence-corrected chi connectivity index (χ3v) is 16.3. The summed E-state index contributed by atoms with van der Waals surface area (Å²) in [7, 11) is -8.71. The predicted molar refractivity (Wildman–Crippen MR) is 290 cm³/mol. The molecule has 0 fully saturated rings. The Bertz CT molecular complexity index is 3340. The van der Waals surface area contributed by atoms with Crippen molar-refractivity contribution in [3.63, 3.8) is 0 Å². The molecule has 74 heavy (non-hydrogen) atoms. The molecule has 0 saturated heterocycles. The molecule has 1 amide bonds. The van der Waals surface area contributed by atoms with E-state index in [1.807, 2.05) is 48.5 Å². The van der Waals surface area contributed by atoms with Gasteiger partial charge in [-0.15, -0.1) is 0 Å². The molecule has 12 nitrogen and oxygen atoms in total. The van der Waals surface area contributed by atoms with Crippen molar-refractivity contribution < 1.29 is 74.8 Å². The van der Waals surface area contributed by atoms with Gasteiger partial charge in [0, 0.05) is 77.5 Å². The van der Waals surface area contributed by atoms with Crippen molar-refractivity contribution in [1.82, 2.24) is 5.32 Å². The number of benzene rings is 5. The third-order valence-electron chi connectivity index (χ3n) is 14.8. The molecule has 0 aromatic heterocycles. The maximum atomic E-state index is 13.4. The van der Waals surface area contributed by atoms with Gasteiger partial charge in [0.1, 0.15) is 6.54 Å². The van der Waals surface area contributed by atoms with Gasteiger partial charge in [-0.1, -0.05) is 99.2 Å². The van der Waals surface area contributed by atoms with E-state index in [4.69, 9.17) is 5.11 Å². The van der Waals surface area contributed by atoms with Crippen LogP contribution in [0.25, 0.3) is 27.1 Å². The van der Waals surface area contributed by atoms with Gasteiger partial charge in [0.25, 0.3) is 5.91 Å². The Balaban J connectivity index is 0.00000800. The Hall–Kier alpha value is -5.19. The average Bonchev–Trinajstić information content (AvgIpc) is 3.71. The topological polar surface area (TPSA) is 187 Å². The summed E-state index contributed by atoms with van der Waals surface area (Å²) >= 11 is 0. The van der Waals surface area contributed by atoms with E-state index in [0.717, 1.165) is 85.9 Å². The first-order valence-electron chi connectivity index (χ1n) is 25.5. The Morgan fingerprint density at radius 2 is 1.34 bits per heavy atom. The summed E-state index contributed by atoms with van der Waals surface area (Å²) in [6.07, 6.45) is 14.9. The number of carboxylic acids is 1. The SMILES string of the molecule is CC1(C)C(/C=C/C2=C(c3ccc(C(=O)NCCCCCC(=O)O)cc3)C(=C/C=C3/N(CCCCS(=O)(=O)[O-])c4ccc5ccccc5c4C3(C)C)/CCC2)=[N+](CCCCS(=O)(=O)[O-])c2ccc3ccccc3c21.[Na+]. The molecule has 5 aromatic carbocycles. The number of unbranched alkanes of at least 4 members (excludes halogenated alkanes) is 4. The van der Waals surface area contributed by atoms with Crippen LogP contribution >= 0.6 is 0 Å². The number of nitrogens with one attached hydrogen (secondary N) is 1. The maximum Gasteiger partial charge on any atom is 1.00 e. The number of allylic oxidation sites excluding steroid dienone is 8. The van der Waals surface area contributed by atoms with E-state index < -0.39 is 48.5 Å². The second kappa shape index (κ2) is 23.8. The summed E-state index contributed by atoms with van der Waals surface area (Å²) in [6, 6.07) is 32.9. The molecular weight excluding hydrogens is 982 g/mol. The first-order valence-corrected chi connectivity index (χ1v) is 28.7. The molecule has 2 heterocycles. The molecule has 15 heteroatoms. The van der Waals surface area contributed by atoms with E-state index in [9.17, 15) is 35.5 Å². The molecule has 0 bridgehead atoms. The molecule has 0 spiro atoms. The predicted octanol–water partition coefficient (Wildman–Crippen LogP) is 8.20. The summed E-state index contributed by atoms with van der Waals surface area (Å²) in [5.74, 6) is -1.86. The zero-order valence-corrected chi connectivity index (χ0v) is 46.9. The van der Waals surface area contributed by atoms with Gasteiger partial charge < -0.3 is 24.4 Å². The van der Waals surface area contributed by atoms with Crippen LogP contribution in [0.5, 0.6) is 0 Å². The Kier molecular flexibility index (Phi) is 18.2. The fourth-order valence-corrected chi connectivity index (χ4v) is 12.4. The van der Waals surface area contributed by atoms with Crippen LogP contribution in [0.2, 0.25) is 0 Å². The molecule has 0 atom stereocenters. The van der Waals surface area contributed by atoms with Crippen LogP contribution in [0, 0.1) is 0 Å². The summed E-state index contributed by atoms with van der Waals surface area (Å²) < 4.78 is 72.0. The fourth-order valence-electron chi connectivity index (χ4n) is 11.3. The molecular formula is C59H66N3NaO9S2. The van der Waals surface area contributed by atoms with Crippen LogP contribution in [0.3, 0.4) is 0 Å². The quantitative estimate of drug-likeness (QED) is 0.0314. The van der Waals surface area contributed by atoms with Crippen molar-refractivity contribution in [1.29, 1.82) is 0 Å².